The Bertz CT molecular complexity index is 273. The standard InChI is InChI=1S/C18H36N2/c1-5-14(3)18-13-20(17(6-2)12-19-18)15(4)16-10-8-7-9-11-16/h14-19H,5-13H2,1-4H3. The van der Waals surface area contributed by atoms with Crippen molar-refractivity contribution in [2.24, 2.45) is 11.8 Å². The quantitative estimate of drug-likeness (QED) is 0.817. The molecule has 1 saturated heterocycles. The molecule has 1 N–H and O–H groups in total. The van der Waals surface area contributed by atoms with E-state index in [1.165, 1.54) is 58.0 Å². The Morgan fingerprint density at radius 1 is 1.10 bits per heavy atom. The first-order valence-corrected chi connectivity index (χ1v) is 9.16. The Morgan fingerprint density at radius 2 is 1.80 bits per heavy atom. The molecule has 1 aliphatic heterocycles. The van der Waals surface area contributed by atoms with Gasteiger partial charge in [0.1, 0.15) is 0 Å². The molecule has 1 aliphatic carbocycles. The van der Waals surface area contributed by atoms with Crippen LogP contribution in [0.15, 0.2) is 0 Å². The molecule has 2 rings (SSSR count). The third-order valence-corrected chi connectivity index (χ3v) is 6.15. The molecule has 2 aliphatic rings. The monoisotopic (exact) mass is 280 g/mol. The number of hydrogen-bond donors (Lipinski definition) is 1. The summed E-state index contributed by atoms with van der Waals surface area (Å²) >= 11 is 0. The van der Waals surface area contributed by atoms with Crippen molar-refractivity contribution in [2.45, 2.75) is 90.8 Å². The highest BCUT2D eigenvalue weighted by Crippen LogP contribution is 2.31. The van der Waals surface area contributed by atoms with Crippen LogP contribution in [0.1, 0.15) is 72.6 Å². The maximum atomic E-state index is 3.82. The van der Waals surface area contributed by atoms with Crippen molar-refractivity contribution in [1.29, 1.82) is 0 Å². The average Bonchev–Trinajstić information content (AvgIpc) is 2.53. The highest BCUT2D eigenvalue weighted by molar-refractivity contribution is 4.92. The van der Waals surface area contributed by atoms with Crippen molar-refractivity contribution >= 4 is 0 Å². The minimum absolute atomic E-state index is 0.703. The Balaban J connectivity index is 1.99. The molecule has 2 fully saturated rings. The van der Waals surface area contributed by atoms with Crippen LogP contribution in [0.25, 0.3) is 0 Å². The van der Waals surface area contributed by atoms with Gasteiger partial charge in [0.15, 0.2) is 0 Å². The average molecular weight is 280 g/mol. The van der Waals surface area contributed by atoms with Crippen LogP contribution in [0, 0.1) is 11.8 Å². The second-order valence-electron chi connectivity index (χ2n) is 7.30. The van der Waals surface area contributed by atoms with E-state index in [-0.39, 0.29) is 0 Å². The third-order valence-electron chi connectivity index (χ3n) is 6.15. The van der Waals surface area contributed by atoms with E-state index in [0.717, 1.165) is 23.9 Å². The topological polar surface area (TPSA) is 15.3 Å². The van der Waals surface area contributed by atoms with Gasteiger partial charge in [0.2, 0.25) is 0 Å². The van der Waals surface area contributed by atoms with Crippen molar-refractivity contribution in [3.8, 4) is 0 Å². The molecule has 2 nitrogen and oxygen atoms in total. The largest absolute Gasteiger partial charge is 0.311 e. The molecule has 4 atom stereocenters. The molecular formula is C18H36N2. The molecule has 4 unspecified atom stereocenters. The van der Waals surface area contributed by atoms with E-state index in [1.54, 1.807) is 0 Å². The molecule has 0 amide bonds. The van der Waals surface area contributed by atoms with Crippen LogP contribution < -0.4 is 5.32 Å². The lowest BCUT2D eigenvalue weighted by molar-refractivity contribution is 0.0364. The first-order valence-electron chi connectivity index (χ1n) is 9.16. The molecule has 0 radical (unpaired) electrons. The van der Waals surface area contributed by atoms with E-state index in [2.05, 4.69) is 37.9 Å². The molecule has 1 heterocycles. The van der Waals surface area contributed by atoms with Gasteiger partial charge in [-0.2, -0.15) is 0 Å². The van der Waals surface area contributed by atoms with Crippen molar-refractivity contribution < 1.29 is 0 Å². The van der Waals surface area contributed by atoms with Crippen LogP contribution in [0.4, 0.5) is 0 Å². The Kier molecular flexibility index (Phi) is 6.35. The minimum atomic E-state index is 0.703. The zero-order valence-corrected chi connectivity index (χ0v) is 14.2. The van der Waals surface area contributed by atoms with Crippen LogP contribution in [0.2, 0.25) is 0 Å². The van der Waals surface area contributed by atoms with E-state index in [4.69, 9.17) is 0 Å². The predicted molar refractivity (Wildman–Crippen MR) is 88.1 cm³/mol. The van der Waals surface area contributed by atoms with Crippen molar-refractivity contribution in [2.75, 3.05) is 13.1 Å². The highest BCUT2D eigenvalue weighted by Gasteiger charge is 2.35. The number of hydrogen-bond acceptors (Lipinski definition) is 2. The SMILES string of the molecule is CCC(C)C1CN(C(C)C2CCCCC2)C(CC)CN1. The fourth-order valence-electron chi connectivity index (χ4n) is 4.28. The number of nitrogens with one attached hydrogen (secondary N) is 1. The molecule has 0 bridgehead atoms. The van der Waals surface area contributed by atoms with Gasteiger partial charge < -0.3 is 5.32 Å². The summed E-state index contributed by atoms with van der Waals surface area (Å²) in [6.45, 7) is 12.1. The van der Waals surface area contributed by atoms with Gasteiger partial charge in [-0.15, -0.1) is 0 Å². The van der Waals surface area contributed by atoms with E-state index in [0.29, 0.717) is 6.04 Å². The smallest absolute Gasteiger partial charge is 0.0221 e. The normalized spacial score (nSPS) is 33.0. The number of piperazine rings is 1. The van der Waals surface area contributed by atoms with Gasteiger partial charge in [-0.25, -0.2) is 0 Å². The molecule has 20 heavy (non-hydrogen) atoms. The maximum absolute atomic E-state index is 3.82. The Morgan fingerprint density at radius 3 is 2.40 bits per heavy atom. The molecule has 0 aromatic carbocycles. The summed E-state index contributed by atoms with van der Waals surface area (Å²) in [5, 5.41) is 3.82. The van der Waals surface area contributed by atoms with Crippen LogP contribution in [0.5, 0.6) is 0 Å². The number of nitrogens with zero attached hydrogens (tertiary/aromatic N) is 1. The van der Waals surface area contributed by atoms with Crippen LogP contribution in [-0.2, 0) is 0 Å². The molecule has 1 saturated carbocycles. The lowest BCUT2D eigenvalue weighted by Gasteiger charge is -2.47. The van der Waals surface area contributed by atoms with Crippen LogP contribution in [-0.4, -0.2) is 36.1 Å². The van der Waals surface area contributed by atoms with E-state index in [1.807, 2.05) is 0 Å². The summed E-state index contributed by atoms with van der Waals surface area (Å²) in [5.74, 6) is 1.75. The minimum Gasteiger partial charge on any atom is -0.311 e. The summed E-state index contributed by atoms with van der Waals surface area (Å²) in [6.07, 6.45) is 9.92. The summed E-state index contributed by atoms with van der Waals surface area (Å²) in [4.78, 5) is 2.86. The fraction of sp³-hybridized carbons (Fsp3) is 1.00. The lowest BCUT2D eigenvalue weighted by atomic mass is 9.82. The van der Waals surface area contributed by atoms with Crippen LogP contribution >= 0.6 is 0 Å². The van der Waals surface area contributed by atoms with Gasteiger partial charge >= 0.3 is 0 Å². The summed E-state index contributed by atoms with van der Waals surface area (Å²) < 4.78 is 0. The lowest BCUT2D eigenvalue weighted by Crippen LogP contribution is -2.61. The van der Waals surface area contributed by atoms with Gasteiger partial charge in [0.05, 0.1) is 0 Å². The molecule has 2 heteroatoms. The molecular weight excluding hydrogens is 244 g/mol. The van der Waals surface area contributed by atoms with Crippen molar-refractivity contribution in [3.63, 3.8) is 0 Å². The molecule has 0 spiro atoms. The highest BCUT2D eigenvalue weighted by atomic mass is 15.3. The van der Waals surface area contributed by atoms with E-state index < -0.39 is 0 Å². The summed E-state index contributed by atoms with van der Waals surface area (Å²) in [7, 11) is 0. The third kappa shape index (κ3) is 3.76. The first-order chi connectivity index (χ1) is 9.67. The zero-order valence-electron chi connectivity index (χ0n) is 14.2. The van der Waals surface area contributed by atoms with Gasteiger partial charge in [0.25, 0.3) is 0 Å². The van der Waals surface area contributed by atoms with E-state index in [9.17, 15) is 0 Å². The van der Waals surface area contributed by atoms with Gasteiger partial charge in [-0.05, 0) is 38.0 Å². The van der Waals surface area contributed by atoms with Gasteiger partial charge in [0, 0.05) is 31.2 Å². The van der Waals surface area contributed by atoms with Crippen molar-refractivity contribution in [1.82, 2.24) is 10.2 Å². The second kappa shape index (κ2) is 7.79. The fourth-order valence-corrected chi connectivity index (χ4v) is 4.28. The Labute approximate surface area is 126 Å². The van der Waals surface area contributed by atoms with Gasteiger partial charge in [-0.1, -0.05) is 46.5 Å². The predicted octanol–water partition coefficient (Wildman–Crippen LogP) is 4.05. The van der Waals surface area contributed by atoms with Crippen LogP contribution in [0.3, 0.4) is 0 Å². The molecule has 0 aromatic rings. The first kappa shape index (κ1) is 16.3. The number of rotatable bonds is 5. The van der Waals surface area contributed by atoms with Crippen molar-refractivity contribution in [3.05, 3.63) is 0 Å². The molecule has 118 valence electrons. The van der Waals surface area contributed by atoms with E-state index >= 15 is 0 Å². The Hall–Kier alpha value is -0.0800. The second-order valence-corrected chi connectivity index (χ2v) is 7.30. The zero-order chi connectivity index (χ0) is 14.5. The summed E-state index contributed by atoms with van der Waals surface area (Å²) in [6, 6.07) is 2.25. The molecule has 0 aromatic heterocycles. The summed E-state index contributed by atoms with van der Waals surface area (Å²) in [5.41, 5.74) is 0. The maximum Gasteiger partial charge on any atom is 0.0221 e. The van der Waals surface area contributed by atoms with Gasteiger partial charge in [-0.3, -0.25) is 4.90 Å².